The number of halogens is 3. The molecule has 0 spiro atoms. The maximum atomic E-state index is 13.7. The standard InChI is InChI=1S/C27H21F3N2O4S2/c1-36-14-7-5-11(6-8-14)17-18-15-10-16(21(18)37-23-22(17)38-26(35)31-23)20-19(15)24(33)32(25(20)34)13-4-2-3-12(9-13)27(28,29)30/h2-9,15-21H,10H2,1H3,(H,31,35)/t15-,16+,17+,18+,19+,20+,21-/m0/s1. The van der Waals surface area contributed by atoms with Crippen LogP contribution in [-0.2, 0) is 15.8 Å². The number of nitrogens with one attached hydrogen (secondary N) is 1. The number of alkyl halides is 3. The average Bonchev–Trinajstić information content (AvgIpc) is 3.62. The van der Waals surface area contributed by atoms with E-state index in [-0.39, 0.29) is 39.5 Å². The minimum Gasteiger partial charge on any atom is -0.497 e. The number of methoxy groups -OCH3 is 1. The highest BCUT2D eigenvalue weighted by atomic mass is 32.2. The van der Waals surface area contributed by atoms with Gasteiger partial charge in [-0.25, -0.2) is 0 Å². The van der Waals surface area contributed by atoms with E-state index in [0.29, 0.717) is 12.2 Å². The van der Waals surface area contributed by atoms with Crippen LogP contribution in [0.25, 0.3) is 0 Å². The van der Waals surface area contributed by atoms with Crippen molar-refractivity contribution in [2.75, 3.05) is 12.0 Å². The fourth-order valence-corrected chi connectivity index (χ4v) is 10.2. The first-order valence-corrected chi connectivity index (χ1v) is 14.0. The summed E-state index contributed by atoms with van der Waals surface area (Å²) in [6, 6.07) is 12.1. The first kappa shape index (κ1) is 24.0. The number of thiazole rings is 1. The Kier molecular flexibility index (Phi) is 5.20. The second kappa shape index (κ2) is 8.22. The van der Waals surface area contributed by atoms with Crippen molar-refractivity contribution in [1.29, 1.82) is 0 Å². The van der Waals surface area contributed by atoms with Crippen LogP contribution in [0.15, 0.2) is 58.4 Å². The van der Waals surface area contributed by atoms with Gasteiger partial charge in [0.2, 0.25) is 11.8 Å². The summed E-state index contributed by atoms with van der Waals surface area (Å²) in [6.45, 7) is 0. The number of anilines is 1. The lowest BCUT2D eigenvalue weighted by Gasteiger charge is -2.43. The fourth-order valence-electron chi connectivity index (χ4n) is 7.28. The average molecular weight is 559 g/mol. The molecule has 4 aliphatic rings. The van der Waals surface area contributed by atoms with Gasteiger partial charge in [0, 0.05) is 16.0 Å². The van der Waals surface area contributed by atoms with Gasteiger partial charge in [0.05, 0.1) is 35.2 Å². The van der Waals surface area contributed by atoms with Gasteiger partial charge in [0.15, 0.2) is 0 Å². The van der Waals surface area contributed by atoms with E-state index >= 15 is 0 Å². The number of fused-ring (bicyclic) bond motifs is 9. The number of imide groups is 1. The molecule has 6 nitrogen and oxygen atoms in total. The van der Waals surface area contributed by atoms with Crippen molar-refractivity contribution in [3.8, 4) is 5.75 Å². The molecule has 3 heterocycles. The van der Waals surface area contributed by atoms with E-state index in [1.54, 1.807) is 18.9 Å². The van der Waals surface area contributed by atoms with Crippen molar-refractivity contribution in [3.05, 3.63) is 74.2 Å². The van der Waals surface area contributed by atoms with Crippen LogP contribution in [0.1, 0.15) is 28.3 Å². The maximum absolute atomic E-state index is 13.7. The molecule has 2 aliphatic carbocycles. The predicted molar refractivity (Wildman–Crippen MR) is 135 cm³/mol. The van der Waals surface area contributed by atoms with Crippen LogP contribution < -0.4 is 14.5 Å². The normalized spacial score (nSPS) is 31.4. The highest BCUT2D eigenvalue weighted by Crippen LogP contribution is 2.68. The number of benzene rings is 2. The van der Waals surface area contributed by atoms with Crippen LogP contribution in [0, 0.1) is 29.6 Å². The van der Waals surface area contributed by atoms with Crippen molar-refractivity contribution < 1.29 is 27.5 Å². The molecule has 1 N–H and O–H groups in total. The van der Waals surface area contributed by atoms with E-state index in [1.807, 2.05) is 24.3 Å². The van der Waals surface area contributed by atoms with Crippen LogP contribution >= 0.6 is 23.1 Å². The van der Waals surface area contributed by atoms with E-state index in [9.17, 15) is 27.6 Å². The molecule has 7 rings (SSSR count). The summed E-state index contributed by atoms with van der Waals surface area (Å²) in [4.78, 5) is 44.5. The van der Waals surface area contributed by atoms with Gasteiger partial charge >= 0.3 is 11.0 Å². The highest BCUT2D eigenvalue weighted by molar-refractivity contribution is 8.00. The lowest BCUT2D eigenvalue weighted by atomic mass is 9.68. The monoisotopic (exact) mass is 558 g/mol. The Morgan fingerprint density at radius 3 is 2.39 bits per heavy atom. The van der Waals surface area contributed by atoms with Gasteiger partial charge in [-0.2, -0.15) is 13.2 Å². The number of rotatable bonds is 3. The van der Waals surface area contributed by atoms with Crippen LogP contribution in [-0.4, -0.2) is 29.2 Å². The molecule has 2 aliphatic heterocycles. The van der Waals surface area contributed by atoms with Crippen molar-refractivity contribution in [2.24, 2.45) is 29.6 Å². The predicted octanol–water partition coefficient (Wildman–Crippen LogP) is 5.14. The van der Waals surface area contributed by atoms with Gasteiger partial charge in [-0.3, -0.25) is 19.3 Å². The number of aromatic amines is 1. The smallest absolute Gasteiger partial charge is 0.416 e. The highest BCUT2D eigenvalue weighted by Gasteiger charge is 2.69. The van der Waals surface area contributed by atoms with Gasteiger partial charge in [0.1, 0.15) is 5.75 Å². The molecule has 1 saturated heterocycles. The summed E-state index contributed by atoms with van der Waals surface area (Å²) in [6.07, 6.45) is -3.88. The van der Waals surface area contributed by atoms with Crippen molar-refractivity contribution in [3.63, 3.8) is 0 Å². The summed E-state index contributed by atoms with van der Waals surface area (Å²) in [5.41, 5.74) is 0.0791. The molecule has 1 aromatic heterocycles. The molecule has 11 heteroatoms. The summed E-state index contributed by atoms with van der Waals surface area (Å²) in [7, 11) is 1.59. The quantitative estimate of drug-likeness (QED) is 0.451. The minimum absolute atomic E-state index is 0.00399. The number of carbonyl (C=O) groups excluding carboxylic acids is 2. The molecule has 2 bridgehead atoms. The van der Waals surface area contributed by atoms with Gasteiger partial charge in [0.25, 0.3) is 0 Å². The summed E-state index contributed by atoms with van der Waals surface area (Å²) < 4.78 is 45.4. The molecule has 0 radical (unpaired) electrons. The third-order valence-corrected chi connectivity index (χ3v) is 11.2. The van der Waals surface area contributed by atoms with Crippen LogP contribution in [0.4, 0.5) is 18.9 Å². The van der Waals surface area contributed by atoms with E-state index in [4.69, 9.17) is 4.74 Å². The summed E-state index contributed by atoms with van der Waals surface area (Å²) >= 11 is 2.75. The number of hydrogen-bond acceptors (Lipinski definition) is 6. The third kappa shape index (κ3) is 3.30. The molecule has 38 heavy (non-hydrogen) atoms. The number of thioether (sulfide) groups is 1. The first-order chi connectivity index (χ1) is 18.2. The minimum atomic E-state index is -4.58. The van der Waals surface area contributed by atoms with Crippen molar-refractivity contribution in [2.45, 2.75) is 28.8 Å². The molecule has 7 atom stereocenters. The molecule has 196 valence electrons. The topological polar surface area (TPSA) is 79.5 Å². The largest absolute Gasteiger partial charge is 0.497 e. The van der Waals surface area contributed by atoms with E-state index in [1.165, 1.54) is 23.5 Å². The molecule has 2 aromatic carbocycles. The lowest BCUT2D eigenvalue weighted by molar-refractivity contribution is -0.137. The molecule has 3 fully saturated rings. The van der Waals surface area contributed by atoms with Gasteiger partial charge in [-0.05, 0) is 60.1 Å². The van der Waals surface area contributed by atoms with Crippen molar-refractivity contribution >= 4 is 40.6 Å². The Morgan fingerprint density at radius 2 is 1.71 bits per heavy atom. The Balaban J connectivity index is 1.29. The van der Waals surface area contributed by atoms with Gasteiger partial charge < -0.3 is 9.72 Å². The van der Waals surface area contributed by atoms with E-state index in [2.05, 4.69) is 4.98 Å². The Bertz CT molecular complexity index is 1530. The lowest BCUT2D eigenvalue weighted by Crippen LogP contribution is -2.42. The molecule has 2 amide bonds. The Labute approximate surface area is 223 Å². The summed E-state index contributed by atoms with van der Waals surface area (Å²) in [5, 5.41) is 0.807. The van der Waals surface area contributed by atoms with Crippen molar-refractivity contribution in [1.82, 2.24) is 4.98 Å². The molecular weight excluding hydrogens is 537 g/mol. The fraction of sp³-hybridized carbons (Fsp3) is 0.370. The number of carbonyl (C=O) groups is 2. The first-order valence-electron chi connectivity index (χ1n) is 12.3. The molecule has 2 saturated carbocycles. The second-order valence-corrected chi connectivity index (χ2v) is 12.5. The number of ether oxygens (including phenoxy) is 1. The number of aromatic nitrogens is 1. The van der Waals surface area contributed by atoms with E-state index in [0.717, 1.165) is 32.5 Å². The third-order valence-electron chi connectivity index (χ3n) is 8.63. The Hall–Kier alpha value is -3.05. The zero-order valence-electron chi connectivity index (χ0n) is 19.9. The number of H-pyrrole nitrogens is 1. The molecule has 3 aromatic rings. The summed E-state index contributed by atoms with van der Waals surface area (Å²) in [5.74, 6) is -1.63. The SMILES string of the molecule is COc1ccc([C@H]2c3sc(=O)[nH]c3S[C@H]3[C@@H]4C[C@H]([C@H]5C(=O)N(c6cccc(C(F)(F)F)c6)C(=O)[C@H]45)[C@H]23)cc1. The number of amides is 2. The van der Waals surface area contributed by atoms with Crippen LogP contribution in [0.3, 0.4) is 0 Å². The molecule has 0 unspecified atom stereocenters. The number of nitrogens with zero attached hydrogens (tertiary/aromatic N) is 1. The number of hydrogen-bond donors (Lipinski definition) is 1. The van der Waals surface area contributed by atoms with Gasteiger partial charge in [-0.15, -0.1) is 11.8 Å². The van der Waals surface area contributed by atoms with Gasteiger partial charge in [-0.1, -0.05) is 29.5 Å². The maximum Gasteiger partial charge on any atom is 0.416 e. The zero-order valence-corrected chi connectivity index (χ0v) is 21.5. The molecular formula is C27H21F3N2O4S2. The van der Waals surface area contributed by atoms with Crippen LogP contribution in [0.2, 0.25) is 0 Å². The van der Waals surface area contributed by atoms with E-state index < -0.39 is 35.4 Å². The Morgan fingerprint density at radius 1 is 1.00 bits per heavy atom. The van der Waals surface area contributed by atoms with Crippen LogP contribution in [0.5, 0.6) is 5.75 Å². The zero-order chi connectivity index (χ0) is 26.5. The second-order valence-electron chi connectivity index (χ2n) is 10.3.